The fourth-order valence-electron chi connectivity index (χ4n) is 2.79. The van der Waals surface area contributed by atoms with E-state index in [9.17, 15) is 4.79 Å². The summed E-state index contributed by atoms with van der Waals surface area (Å²) in [6.07, 6.45) is 2.35. The topological polar surface area (TPSA) is 50.4 Å². The molecule has 132 valence electrons. The molecule has 2 aromatic carbocycles. The van der Waals surface area contributed by atoms with E-state index in [4.69, 9.17) is 27.9 Å². The Bertz CT molecular complexity index is 746. The number of ether oxygens (including phenoxy) is 1. The maximum Gasteiger partial charge on any atom is 0.238 e. The Balaban J connectivity index is 1.60. The van der Waals surface area contributed by atoms with Crippen molar-refractivity contribution < 1.29 is 9.53 Å². The summed E-state index contributed by atoms with van der Waals surface area (Å²) in [4.78, 5) is 12.2. The molecule has 1 unspecified atom stereocenters. The molecule has 0 bridgehead atoms. The van der Waals surface area contributed by atoms with Crippen LogP contribution in [0.25, 0.3) is 0 Å². The summed E-state index contributed by atoms with van der Waals surface area (Å²) in [5.74, 6) is 1.26. The van der Waals surface area contributed by atoms with Crippen molar-refractivity contribution in [1.82, 2.24) is 5.32 Å². The zero-order chi connectivity index (χ0) is 17.8. The van der Waals surface area contributed by atoms with Crippen molar-refractivity contribution in [3.8, 4) is 5.75 Å². The second-order valence-corrected chi connectivity index (χ2v) is 6.99. The van der Waals surface area contributed by atoms with Crippen molar-refractivity contribution in [3.63, 3.8) is 0 Å². The summed E-state index contributed by atoms with van der Waals surface area (Å²) in [7, 11) is 1.65. The average Bonchev–Trinajstić information content (AvgIpc) is 3.43. The van der Waals surface area contributed by atoms with E-state index < -0.39 is 0 Å². The number of carbonyl (C=O) groups excluding carboxylic acids is 1. The number of hydrogen-bond donors (Lipinski definition) is 2. The molecule has 1 atom stereocenters. The van der Waals surface area contributed by atoms with Crippen LogP contribution in [0.5, 0.6) is 5.75 Å². The standard InChI is InChI=1S/C19H20Cl2N2O2/c1-25-15-7-4-13(5-8-15)19(12-2-3-12)22-11-18(24)23-17-9-6-14(20)10-16(17)21/h4-10,12,19,22H,2-3,11H2,1H3,(H,23,24). The number of halogens is 2. The van der Waals surface area contributed by atoms with Crippen molar-refractivity contribution in [3.05, 3.63) is 58.1 Å². The molecular weight excluding hydrogens is 359 g/mol. The highest BCUT2D eigenvalue weighted by atomic mass is 35.5. The van der Waals surface area contributed by atoms with Crippen LogP contribution in [-0.4, -0.2) is 19.6 Å². The van der Waals surface area contributed by atoms with Crippen LogP contribution in [0, 0.1) is 5.92 Å². The predicted molar refractivity (Wildman–Crippen MR) is 102 cm³/mol. The summed E-state index contributed by atoms with van der Waals surface area (Å²) < 4.78 is 5.20. The Morgan fingerprint density at radius 1 is 1.20 bits per heavy atom. The van der Waals surface area contributed by atoms with Crippen molar-refractivity contribution in [2.24, 2.45) is 5.92 Å². The molecule has 1 saturated carbocycles. The largest absolute Gasteiger partial charge is 0.497 e. The van der Waals surface area contributed by atoms with Gasteiger partial charge >= 0.3 is 0 Å². The Morgan fingerprint density at radius 2 is 1.92 bits per heavy atom. The monoisotopic (exact) mass is 378 g/mol. The van der Waals surface area contributed by atoms with Gasteiger partial charge in [-0.1, -0.05) is 35.3 Å². The molecule has 0 aromatic heterocycles. The van der Waals surface area contributed by atoms with Crippen molar-refractivity contribution >= 4 is 34.8 Å². The van der Waals surface area contributed by atoms with Gasteiger partial charge in [0.1, 0.15) is 5.75 Å². The molecule has 1 aliphatic carbocycles. The van der Waals surface area contributed by atoms with Crippen molar-refractivity contribution in [2.45, 2.75) is 18.9 Å². The second kappa shape index (κ2) is 8.09. The van der Waals surface area contributed by atoms with Gasteiger partial charge in [-0.15, -0.1) is 0 Å². The summed E-state index contributed by atoms with van der Waals surface area (Å²) in [5.41, 5.74) is 1.73. The summed E-state index contributed by atoms with van der Waals surface area (Å²) >= 11 is 12.0. The molecule has 0 aliphatic heterocycles. The van der Waals surface area contributed by atoms with Crippen LogP contribution in [0.2, 0.25) is 10.0 Å². The summed E-state index contributed by atoms with van der Waals surface area (Å²) in [6, 6.07) is 13.1. The second-order valence-electron chi connectivity index (χ2n) is 6.14. The summed E-state index contributed by atoms with van der Waals surface area (Å²) in [5, 5.41) is 7.14. The van der Waals surface area contributed by atoms with Crippen LogP contribution in [0.4, 0.5) is 5.69 Å². The minimum absolute atomic E-state index is 0.136. The van der Waals surface area contributed by atoms with Crippen molar-refractivity contribution in [1.29, 1.82) is 0 Å². The van der Waals surface area contributed by atoms with Gasteiger partial charge in [-0.2, -0.15) is 0 Å². The normalized spacial score (nSPS) is 14.8. The molecule has 0 spiro atoms. The first-order valence-corrected chi connectivity index (χ1v) is 8.94. The average molecular weight is 379 g/mol. The molecule has 2 aromatic rings. The van der Waals surface area contributed by atoms with Gasteiger partial charge in [-0.3, -0.25) is 4.79 Å². The minimum atomic E-state index is -0.136. The molecule has 4 nitrogen and oxygen atoms in total. The lowest BCUT2D eigenvalue weighted by Crippen LogP contribution is -2.32. The van der Waals surface area contributed by atoms with Gasteiger partial charge in [-0.05, 0) is 54.7 Å². The van der Waals surface area contributed by atoms with Gasteiger partial charge in [0.25, 0.3) is 0 Å². The molecule has 1 fully saturated rings. The molecule has 6 heteroatoms. The molecule has 3 rings (SSSR count). The Hall–Kier alpha value is -1.75. The van der Waals surface area contributed by atoms with Crippen LogP contribution in [-0.2, 0) is 4.79 Å². The molecule has 1 aliphatic rings. The number of carbonyl (C=O) groups is 1. The highest BCUT2D eigenvalue weighted by Gasteiger charge is 2.32. The van der Waals surface area contributed by atoms with E-state index in [1.807, 2.05) is 24.3 Å². The Morgan fingerprint density at radius 3 is 2.52 bits per heavy atom. The van der Waals surface area contributed by atoms with E-state index in [0.717, 1.165) is 5.75 Å². The molecule has 0 radical (unpaired) electrons. The number of nitrogens with one attached hydrogen (secondary N) is 2. The molecule has 25 heavy (non-hydrogen) atoms. The Labute approximate surface area is 157 Å². The maximum absolute atomic E-state index is 12.2. The lowest BCUT2D eigenvalue weighted by atomic mass is 10.0. The predicted octanol–water partition coefficient (Wildman–Crippen LogP) is 4.68. The molecule has 0 saturated heterocycles. The number of anilines is 1. The van der Waals surface area contributed by atoms with E-state index in [-0.39, 0.29) is 18.5 Å². The van der Waals surface area contributed by atoms with Gasteiger partial charge < -0.3 is 15.4 Å². The summed E-state index contributed by atoms with van der Waals surface area (Å²) in [6.45, 7) is 0.214. The fraction of sp³-hybridized carbons (Fsp3) is 0.316. The lowest BCUT2D eigenvalue weighted by Gasteiger charge is -2.19. The molecular formula is C19H20Cl2N2O2. The number of amides is 1. The number of methoxy groups -OCH3 is 1. The van der Waals surface area contributed by atoms with Crippen LogP contribution < -0.4 is 15.4 Å². The van der Waals surface area contributed by atoms with E-state index >= 15 is 0 Å². The van der Waals surface area contributed by atoms with Gasteiger partial charge in [0.05, 0.1) is 24.4 Å². The first kappa shape index (κ1) is 18.1. The van der Waals surface area contributed by atoms with Crippen LogP contribution >= 0.6 is 23.2 Å². The molecule has 2 N–H and O–H groups in total. The van der Waals surface area contributed by atoms with Crippen LogP contribution in [0.3, 0.4) is 0 Å². The first-order chi connectivity index (χ1) is 12.1. The van der Waals surface area contributed by atoms with Gasteiger partial charge in [-0.25, -0.2) is 0 Å². The first-order valence-electron chi connectivity index (χ1n) is 8.19. The fourth-order valence-corrected chi connectivity index (χ4v) is 3.24. The third kappa shape index (κ3) is 4.88. The highest BCUT2D eigenvalue weighted by molar-refractivity contribution is 6.36. The zero-order valence-corrected chi connectivity index (χ0v) is 15.4. The number of rotatable bonds is 7. The van der Waals surface area contributed by atoms with Gasteiger partial charge in [0.2, 0.25) is 5.91 Å². The third-order valence-corrected chi connectivity index (χ3v) is 4.80. The van der Waals surface area contributed by atoms with E-state index in [0.29, 0.717) is 21.7 Å². The smallest absolute Gasteiger partial charge is 0.238 e. The van der Waals surface area contributed by atoms with Crippen molar-refractivity contribution in [2.75, 3.05) is 19.0 Å². The van der Waals surface area contributed by atoms with Crippen LogP contribution in [0.1, 0.15) is 24.4 Å². The SMILES string of the molecule is COc1ccc(C(NCC(=O)Nc2ccc(Cl)cc2Cl)C2CC2)cc1. The van der Waals surface area contributed by atoms with E-state index in [2.05, 4.69) is 10.6 Å². The third-order valence-electron chi connectivity index (χ3n) is 4.26. The quantitative estimate of drug-likeness (QED) is 0.734. The number of benzene rings is 2. The van der Waals surface area contributed by atoms with Gasteiger partial charge in [0.15, 0.2) is 0 Å². The Kier molecular flexibility index (Phi) is 5.84. The van der Waals surface area contributed by atoms with Crippen LogP contribution in [0.15, 0.2) is 42.5 Å². The number of hydrogen-bond acceptors (Lipinski definition) is 3. The van der Waals surface area contributed by atoms with E-state index in [1.165, 1.54) is 18.4 Å². The molecule has 1 amide bonds. The lowest BCUT2D eigenvalue weighted by molar-refractivity contribution is -0.115. The maximum atomic E-state index is 12.2. The zero-order valence-electron chi connectivity index (χ0n) is 13.9. The highest BCUT2D eigenvalue weighted by Crippen LogP contribution is 2.41. The minimum Gasteiger partial charge on any atom is -0.497 e. The van der Waals surface area contributed by atoms with Gasteiger partial charge in [0, 0.05) is 11.1 Å². The molecule has 0 heterocycles. The van der Waals surface area contributed by atoms with E-state index in [1.54, 1.807) is 25.3 Å².